The highest BCUT2D eigenvalue weighted by molar-refractivity contribution is 6.23. The molecule has 2 heteroatoms. The smallest absolute Gasteiger partial charge is 0.146 e. The van der Waals surface area contributed by atoms with Gasteiger partial charge in [-0.2, -0.15) is 0 Å². The first kappa shape index (κ1) is 18.2. The summed E-state index contributed by atoms with van der Waals surface area (Å²) in [5.41, 5.74) is 4.37. The van der Waals surface area contributed by atoms with Crippen LogP contribution in [0.4, 0.5) is 0 Å². The third-order valence-electron chi connectivity index (χ3n) is 6.57. The summed E-state index contributed by atoms with van der Waals surface area (Å²) in [6.45, 7) is 0. The molecule has 2 nitrogen and oxygen atoms in total. The Labute approximate surface area is 191 Å². The number of hydrogen-bond acceptors (Lipinski definition) is 1. The van der Waals surface area contributed by atoms with Crippen LogP contribution in [0.2, 0.25) is 0 Å². The number of aromatic nitrogens is 2. The summed E-state index contributed by atoms with van der Waals surface area (Å²) >= 11 is 0. The summed E-state index contributed by atoms with van der Waals surface area (Å²) in [5, 5.41) is 7.53. The van der Waals surface area contributed by atoms with Gasteiger partial charge in [0.15, 0.2) is 0 Å². The highest BCUT2D eigenvalue weighted by atomic mass is 15.1. The zero-order valence-electron chi connectivity index (χ0n) is 17.9. The van der Waals surface area contributed by atoms with E-state index >= 15 is 0 Å². The molecule has 33 heavy (non-hydrogen) atoms. The fraction of sp³-hybridized carbons (Fsp3) is 0. The van der Waals surface area contributed by atoms with Gasteiger partial charge in [-0.15, -0.1) is 0 Å². The van der Waals surface area contributed by atoms with E-state index in [2.05, 4.69) is 126 Å². The van der Waals surface area contributed by atoms with Gasteiger partial charge in [-0.3, -0.25) is 4.57 Å². The molecule has 0 saturated carbocycles. The molecule has 0 aliphatic rings. The Morgan fingerprint density at radius 2 is 1.15 bits per heavy atom. The van der Waals surface area contributed by atoms with Crippen LogP contribution in [-0.2, 0) is 0 Å². The van der Waals surface area contributed by atoms with Crippen LogP contribution in [0.3, 0.4) is 0 Å². The molecule has 7 aromatic rings. The minimum atomic E-state index is 0.966. The number of benzene rings is 6. The summed E-state index contributed by atoms with van der Waals surface area (Å²) in [6, 6.07) is 43.0. The largest absolute Gasteiger partial charge is 0.292 e. The normalized spacial score (nSPS) is 11.6. The van der Waals surface area contributed by atoms with Gasteiger partial charge in [-0.05, 0) is 51.2 Å². The van der Waals surface area contributed by atoms with Crippen LogP contribution in [0.25, 0.3) is 60.4 Å². The first-order valence-electron chi connectivity index (χ1n) is 11.2. The summed E-state index contributed by atoms with van der Waals surface area (Å²) in [7, 11) is 0. The number of para-hydroxylation sites is 3. The van der Waals surface area contributed by atoms with Crippen molar-refractivity contribution in [2.75, 3.05) is 0 Å². The van der Waals surface area contributed by atoms with Crippen molar-refractivity contribution in [3.63, 3.8) is 0 Å². The Hall–Kier alpha value is -4.43. The average molecular weight is 421 g/mol. The van der Waals surface area contributed by atoms with Crippen LogP contribution in [0.15, 0.2) is 121 Å². The molecular weight excluding hydrogens is 400 g/mol. The Balaban J connectivity index is 1.69. The standard InChI is InChI=1S/C31H20N2/c1-2-11-24(12-3-1)33-28-16-7-6-15-27(28)32-31(33)26-14-8-10-22-19-20-23-18-17-21-9-4-5-13-25(21)29(23)30(22)26/h1-20H. The number of rotatable bonds is 2. The summed E-state index contributed by atoms with van der Waals surface area (Å²) in [6.07, 6.45) is 0. The predicted molar refractivity (Wildman–Crippen MR) is 139 cm³/mol. The van der Waals surface area contributed by atoms with E-state index in [1.165, 1.54) is 32.3 Å². The number of hydrogen-bond donors (Lipinski definition) is 0. The van der Waals surface area contributed by atoms with Crippen LogP contribution in [0.1, 0.15) is 0 Å². The molecule has 1 aromatic heterocycles. The van der Waals surface area contributed by atoms with Crippen LogP contribution >= 0.6 is 0 Å². The molecule has 1 heterocycles. The SMILES string of the molecule is c1ccc(-n2c(-c3cccc4ccc5ccc6ccccc6c5c34)nc3ccccc32)cc1. The van der Waals surface area contributed by atoms with Crippen molar-refractivity contribution in [2.24, 2.45) is 0 Å². The lowest BCUT2D eigenvalue weighted by Gasteiger charge is -2.14. The Bertz CT molecular complexity index is 1800. The first-order valence-corrected chi connectivity index (χ1v) is 11.2. The summed E-state index contributed by atoms with van der Waals surface area (Å²) in [4.78, 5) is 5.16. The van der Waals surface area contributed by atoms with Gasteiger partial charge in [0.05, 0.1) is 11.0 Å². The highest BCUT2D eigenvalue weighted by Crippen LogP contribution is 2.39. The lowest BCUT2D eigenvalue weighted by molar-refractivity contribution is 1.11. The molecule has 0 atom stereocenters. The molecule has 0 saturated heterocycles. The van der Waals surface area contributed by atoms with Crippen LogP contribution in [0.5, 0.6) is 0 Å². The molecule has 0 aliphatic carbocycles. The third kappa shape index (κ3) is 2.71. The predicted octanol–water partition coefficient (Wildman–Crippen LogP) is 8.15. The lowest BCUT2D eigenvalue weighted by atomic mass is 9.93. The van der Waals surface area contributed by atoms with Crippen LogP contribution in [-0.4, -0.2) is 9.55 Å². The molecule has 0 aliphatic heterocycles. The molecule has 0 unspecified atom stereocenters. The molecular formula is C31H20N2. The van der Waals surface area contributed by atoms with Gasteiger partial charge in [0, 0.05) is 16.6 Å². The maximum Gasteiger partial charge on any atom is 0.146 e. The van der Waals surface area contributed by atoms with Crippen molar-refractivity contribution in [3.05, 3.63) is 121 Å². The molecule has 6 aromatic carbocycles. The molecule has 0 amide bonds. The molecule has 0 N–H and O–H groups in total. The van der Waals surface area contributed by atoms with Crippen LogP contribution in [0, 0.1) is 0 Å². The van der Waals surface area contributed by atoms with Crippen molar-refractivity contribution in [1.82, 2.24) is 9.55 Å². The van der Waals surface area contributed by atoms with Gasteiger partial charge in [-0.1, -0.05) is 97.1 Å². The summed E-state index contributed by atoms with van der Waals surface area (Å²) in [5.74, 6) is 0.966. The molecule has 0 radical (unpaired) electrons. The second-order valence-corrected chi connectivity index (χ2v) is 8.45. The maximum absolute atomic E-state index is 5.16. The number of nitrogens with zero attached hydrogens (tertiary/aromatic N) is 2. The fourth-order valence-electron chi connectivity index (χ4n) is 5.11. The van der Waals surface area contributed by atoms with Crippen molar-refractivity contribution < 1.29 is 0 Å². The highest BCUT2D eigenvalue weighted by Gasteiger charge is 2.18. The molecule has 154 valence electrons. The number of fused-ring (bicyclic) bond motifs is 6. The zero-order valence-corrected chi connectivity index (χ0v) is 17.9. The van der Waals surface area contributed by atoms with E-state index in [-0.39, 0.29) is 0 Å². The second kappa shape index (κ2) is 7.04. The maximum atomic E-state index is 5.16. The third-order valence-corrected chi connectivity index (χ3v) is 6.57. The minimum Gasteiger partial charge on any atom is -0.292 e. The number of imidazole rings is 1. The average Bonchev–Trinajstić information content (AvgIpc) is 3.28. The van der Waals surface area contributed by atoms with Crippen molar-refractivity contribution in [2.45, 2.75) is 0 Å². The Morgan fingerprint density at radius 1 is 0.485 bits per heavy atom. The van der Waals surface area contributed by atoms with E-state index in [1.54, 1.807) is 0 Å². The van der Waals surface area contributed by atoms with Gasteiger partial charge < -0.3 is 0 Å². The summed E-state index contributed by atoms with van der Waals surface area (Å²) < 4.78 is 2.29. The zero-order chi connectivity index (χ0) is 21.8. The van der Waals surface area contributed by atoms with Crippen molar-refractivity contribution >= 4 is 43.4 Å². The Kier molecular flexibility index (Phi) is 3.88. The molecule has 0 bridgehead atoms. The van der Waals surface area contributed by atoms with E-state index in [1.807, 2.05) is 0 Å². The van der Waals surface area contributed by atoms with Crippen LogP contribution < -0.4 is 0 Å². The van der Waals surface area contributed by atoms with Gasteiger partial charge in [0.2, 0.25) is 0 Å². The van der Waals surface area contributed by atoms with Gasteiger partial charge in [0.1, 0.15) is 5.82 Å². The first-order chi connectivity index (χ1) is 16.4. The fourth-order valence-corrected chi connectivity index (χ4v) is 5.11. The minimum absolute atomic E-state index is 0.966. The van der Waals surface area contributed by atoms with E-state index in [4.69, 9.17) is 4.98 Å². The Morgan fingerprint density at radius 3 is 2.03 bits per heavy atom. The molecule has 0 fully saturated rings. The quantitative estimate of drug-likeness (QED) is 0.258. The topological polar surface area (TPSA) is 17.8 Å². The second-order valence-electron chi connectivity index (χ2n) is 8.45. The van der Waals surface area contributed by atoms with Crippen molar-refractivity contribution in [3.8, 4) is 17.1 Å². The lowest BCUT2D eigenvalue weighted by Crippen LogP contribution is -1.98. The van der Waals surface area contributed by atoms with E-state index < -0.39 is 0 Å². The van der Waals surface area contributed by atoms with Gasteiger partial charge in [-0.25, -0.2) is 4.98 Å². The van der Waals surface area contributed by atoms with E-state index in [0.717, 1.165) is 28.1 Å². The van der Waals surface area contributed by atoms with Gasteiger partial charge in [0.25, 0.3) is 0 Å². The molecule has 0 spiro atoms. The van der Waals surface area contributed by atoms with E-state index in [0.29, 0.717) is 0 Å². The molecule has 7 rings (SSSR count). The monoisotopic (exact) mass is 420 g/mol. The van der Waals surface area contributed by atoms with Gasteiger partial charge >= 0.3 is 0 Å². The van der Waals surface area contributed by atoms with Crippen molar-refractivity contribution in [1.29, 1.82) is 0 Å². The van der Waals surface area contributed by atoms with E-state index in [9.17, 15) is 0 Å².